The molecule has 2 aromatic carbocycles. The molecule has 0 amide bonds. The molecule has 0 atom stereocenters. The maximum atomic E-state index is 13.3. The lowest BCUT2D eigenvalue weighted by molar-refractivity contribution is 0.628. The van der Waals surface area contributed by atoms with Crippen molar-refractivity contribution in [3.05, 3.63) is 66.1 Å². The summed E-state index contributed by atoms with van der Waals surface area (Å²) in [7, 11) is 0. The largest absolute Gasteiger partial charge is 0.324 e. The van der Waals surface area contributed by atoms with E-state index in [4.69, 9.17) is 0 Å². The highest BCUT2D eigenvalue weighted by Gasteiger charge is 2.21. The molecule has 23 heavy (non-hydrogen) atoms. The minimum absolute atomic E-state index is 0.312. The van der Waals surface area contributed by atoms with Gasteiger partial charge in [-0.15, -0.1) is 5.10 Å². The molecule has 0 aliphatic carbocycles. The summed E-state index contributed by atoms with van der Waals surface area (Å²) in [6.07, 6.45) is 2.62. The van der Waals surface area contributed by atoms with Gasteiger partial charge in [0.15, 0.2) is 5.82 Å². The Morgan fingerprint density at radius 2 is 2.00 bits per heavy atom. The Hall–Kier alpha value is -3.02. The van der Waals surface area contributed by atoms with Crippen molar-refractivity contribution < 1.29 is 4.39 Å². The predicted molar refractivity (Wildman–Crippen MR) is 86.7 cm³/mol. The fourth-order valence-corrected chi connectivity index (χ4v) is 2.75. The lowest BCUT2D eigenvalue weighted by Gasteiger charge is -2.18. The van der Waals surface area contributed by atoms with Crippen LogP contribution in [0.2, 0.25) is 0 Å². The molecule has 1 aliphatic rings. The number of aromatic nitrogens is 3. The number of halogens is 1. The lowest BCUT2D eigenvalue weighted by atomic mass is 10.2. The van der Waals surface area contributed by atoms with Gasteiger partial charge in [-0.1, -0.05) is 24.3 Å². The van der Waals surface area contributed by atoms with E-state index in [1.165, 1.54) is 17.7 Å². The summed E-state index contributed by atoms with van der Waals surface area (Å²) in [6.45, 7) is 0.859. The van der Waals surface area contributed by atoms with Crippen LogP contribution in [0.1, 0.15) is 5.56 Å². The molecule has 4 rings (SSSR count). The average Bonchev–Trinajstić information content (AvgIpc) is 2.99. The second-order valence-corrected chi connectivity index (χ2v) is 5.30. The van der Waals surface area contributed by atoms with Crippen molar-refractivity contribution >= 4 is 23.1 Å². The first-order chi connectivity index (χ1) is 11.3. The molecule has 1 aromatic heterocycles. The molecule has 0 saturated carbocycles. The number of nitrogens with one attached hydrogen (secondary N) is 1. The topological polar surface area (TPSA) is 53.9 Å². The van der Waals surface area contributed by atoms with Gasteiger partial charge in [-0.25, -0.2) is 4.39 Å². The number of hydrogen-bond acceptors (Lipinski definition) is 5. The van der Waals surface area contributed by atoms with Gasteiger partial charge in [0.1, 0.15) is 5.82 Å². The van der Waals surface area contributed by atoms with Gasteiger partial charge in [0, 0.05) is 17.9 Å². The van der Waals surface area contributed by atoms with Gasteiger partial charge in [-0.2, -0.15) is 10.1 Å². The van der Waals surface area contributed by atoms with E-state index in [9.17, 15) is 4.39 Å². The molecular weight excluding hydrogens is 293 g/mol. The summed E-state index contributed by atoms with van der Waals surface area (Å²) in [6, 6.07) is 14.4. The molecule has 1 aliphatic heterocycles. The smallest absolute Gasteiger partial charge is 0.249 e. The molecule has 0 fully saturated rings. The maximum absolute atomic E-state index is 13.3. The van der Waals surface area contributed by atoms with Crippen LogP contribution in [0.5, 0.6) is 0 Å². The Kier molecular flexibility index (Phi) is 3.34. The third-order valence-electron chi connectivity index (χ3n) is 3.79. The quantitative estimate of drug-likeness (QED) is 0.803. The molecule has 6 heteroatoms. The van der Waals surface area contributed by atoms with E-state index < -0.39 is 0 Å². The van der Waals surface area contributed by atoms with Crippen LogP contribution in [0.15, 0.2) is 54.7 Å². The zero-order valence-electron chi connectivity index (χ0n) is 12.3. The van der Waals surface area contributed by atoms with E-state index in [-0.39, 0.29) is 5.82 Å². The molecule has 0 unspecified atom stereocenters. The van der Waals surface area contributed by atoms with E-state index in [0.29, 0.717) is 11.6 Å². The van der Waals surface area contributed by atoms with Crippen LogP contribution in [-0.2, 0) is 6.42 Å². The van der Waals surface area contributed by atoms with Gasteiger partial charge in [0.25, 0.3) is 0 Å². The summed E-state index contributed by atoms with van der Waals surface area (Å²) < 4.78 is 13.3. The highest BCUT2D eigenvalue weighted by Crippen LogP contribution is 2.33. The predicted octanol–water partition coefficient (Wildman–Crippen LogP) is 3.45. The molecule has 5 nitrogen and oxygen atoms in total. The molecule has 3 aromatic rings. The molecular formula is C17H14FN5. The number of para-hydroxylation sites is 1. The van der Waals surface area contributed by atoms with Crippen LogP contribution >= 0.6 is 0 Å². The van der Waals surface area contributed by atoms with Gasteiger partial charge in [0.2, 0.25) is 5.95 Å². The Morgan fingerprint density at radius 1 is 1.09 bits per heavy atom. The summed E-state index contributed by atoms with van der Waals surface area (Å²) in [5.41, 5.74) is 3.03. The van der Waals surface area contributed by atoms with Crippen LogP contribution in [-0.4, -0.2) is 21.7 Å². The van der Waals surface area contributed by atoms with Crippen LogP contribution in [0.3, 0.4) is 0 Å². The molecule has 0 bridgehead atoms. The standard InChI is InChI=1S/C17H14FN5/c18-13-5-3-6-14(10-13)20-17-21-16(11-19-22-17)23-9-8-12-4-1-2-7-15(12)23/h1-7,10-11H,8-9H2,(H,20,21,22). The average molecular weight is 307 g/mol. The first-order valence-corrected chi connectivity index (χ1v) is 7.37. The van der Waals surface area contributed by atoms with E-state index in [1.807, 2.05) is 12.1 Å². The third-order valence-corrected chi connectivity index (χ3v) is 3.79. The van der Waals surface area contributed by atoms with E-state index in [1.54, 1.807) is 18.3 Å². The molecule has 0 spiro atoms. The van der Waals surface area contributed by atoms with Gasteiger partial charge in [-0.3, -0.25) is 0 Å². The van der Waals surface area contributed by atoms with E-state index in [0.717, 1.165) is 24.5 Å². The van der Waals surface area contributed by atoms with Crippen LogP contribution in [0.25, 0.3) is 0 Å². The Bertz CT molecular complexity index is 852. The maximum Gasteiger partial charge on any atom is 0.249 e. The number of nitrogens with zero attached hydrogens (tertiary/aromatic N) is 4. The molecule has 0 radical (unpaired) electrons. The fraction of sp³-hybridized carbons (Fsp3) is 0.118. The van der Waals surface area contributed by atoms with Crippen LogP contribution in [0, 0.1) is 5.82 Å². The Morgan fingerprint density at radius 3 is 2.91 bits per heavy atom. The molecule has 114 valence electrons. The van der Waals surface area contributed by atoms with E-state index in [2.05, 4.69) is 37.5 Å². The number of benzene rings is 2. The zero-order valence-corrected chi connectivity index (χ0v) is 12.3. The summed E-state index contributed by atoms with van der Waals surface area (Å²) in [5.74, 6) is 0.758. The monoisotopic (exact) mass is 307 g/mol. The molecule has 0 saturated heterocycles. The Labute approximate surface area is 132 Å². The van der Waals surface area contributed by atoms with Crippen molar-refractivity contribution in [2.75, 3.05) is 16.8 Å². The molecule has 1 N–H and O–H groups in total. The summed E-state index contributed by atoms with van der Waals surface area (Å²) >= 11 is 0. The molecule has 2 heterocycles. The third kappa shape index (κ3) is 2.70. The second-order valence-electron chi connectivity index (χ2n) is 5.30. The fourth-order valence-electron chi connectivity index (χ4n) is 2.75. The first-order valence-electron chi connectivity index (χ1n) is 7.37. The van der Waals surface area contributed by atoms with Gasteiger partial charge in [0.05, 0.1) is 6.20 Å². The highest BCUT2D eigenvalue weighted by molar-refractivity contribution is 5.67. The van der Waals surface area contributed by atoms with Crippen molar-refractivity contribution in [1.29, 1.82) is 0 Å². The Balaban J connectivity index is 1.62. The van der Waals surface area contributed by atoms with Crippen LogP contribution < -0.4 is 10.2 Å². The van der Waals surface area contributed by atoms with Gasteiger partial charge < -0.3 is 10.2 Å². The number of anilines is 4. The SMILES string of the molecule is Fc1cccc(Nc2nncc(N3CCc4ccccc43)n2)c1. The minimum Gasteiger partial charge on any atom is -0.324 e. The normalized spacial score (nSPS) is 13.0. The van der Waals surface area contributed by atoms with Gasteiger partial charge >= 0.3 is 0 Å². The summed E-state index contributed by atoms with van der Waals surface area (Å²) in [5, 5.41) is 11.0. The number of hydrogen-bond donors (Lipinski definition) is 1. The number of fused-ring (bicyclic) bond motifs is 1. The van der Waals surface area contributed by atoms with Crippen molar-refractivity contribution in [3.63, 3.8) is 0 Å². The lowest BCUT2D eigenvalue weighted by Crippen LogP contribution is -2.16. The summed E-state index contributed by atoms with van der Waals surface area (Å²) in [4.78, 5) is 6.61. The van der Waals surface area contributed by atoms with Crippen molar-refractivity contribution in [3.8, 4) is 0 Å². The van der Waals surface area contributed by atoms with Crippen molar-refractivity contribution in [1.82, 2.24) is 15.2 Å². The van der Waals surface area contributed by atoms with Crippen molar-refractivity contribution in [2.24, 2.45) is 0 Å². The highest BCUT2D eigenvalue weighted by atomic mass is 19.1. The zero-order chi connectivity index (χ0) is 15.6. The van der Waals surface area contributed by atoms with Crippen molar-refractivity contribution in [2.45, 2.75) is 6.42 Å². The van der Waals surface area contributed by atoms with Crippen LogP contribution in [0.4, 0.5) is 27.5 Å². The first kappa shape index (κ1) is 13.6. The second kappa shape index (κ2) is 5.64. The van der Waals surface area contributed by atoms with E-state index >= 15 is 0 Å². The minimum atomic E-state index is -0.312. The number of rotatable bonds is 3. The van der Waals surface area contributed by atoms with Gasteiger partial charge in [-0.05, 0) is 36.2 Å².